The molecule has 1 aliphatic rings. The minimum Gasteiger partial charge on any atom is -0.399 e. The van der Waals surface area contributed by atoms with Gasteiger partial charge in [0.05, 0.1) is 5.69 Å². The van der Waals surface area contributed by atoms with Gasteiger partial charge in [0.2, 0.25) is 0 Å². The number of allylic oxidation sites excluding steroid dienone is 5. The zero-order chi connectivity index (χ0) is 24.2. The highest BCUT2D eigenvalue weighted by Crippen LogP contribution is 2.41. The van der Waals surface area contributed by atoms with Crippen molar-refractivity contribution in [2.24, 2.45) is 0 Å². The first-order valence-corrected chi connectivity index (χ1v) is 11.5. The number of hydrogen-bond acceptors (Lipinski definition) is 3. The van der Waals surface area contributed by atoms with Crippen LogP contribution in [0.5, 0.6) is 0 Å². The van der Waals surface area contributed by atoms with Gasteiger partial charge < -0.3 is 15.5 Å². The number of nitrogens with two attached hydrogens (primary N) is 1. The fourth-order valence-electron chi connectivity index (χ4n) is 4.29. The van der Waals surface area contributed by atoms with E-state index in [9.17, 15) is 0 Å². The van der Waals surface area contributed by atoms with Crippen molar-refractivity contribution >= 4 is 39.7 Å². The van der Waals surface area contributed by atoms with Crippen LogP contribution in [-0.2, 0) is 0 Å². The van der Waals surface area contributed by atoms with Gasteiger partial charge in [-0.05, 0) is 90.0 Å². The van der Waals surface area contributed by atoms with Crippen LogP contribution in [0.4, 0.5) is 34.1 Å². The summed E-state index contributed by atoms with van der Waals surface area (Å²) in [5.74, 6) is 0. The van der Waals surface area contributed by atoms with Gasteiger partial charge in [-0.2, -0.15) is 0 Å². The van der Waals surface area contributed by atoms with Gasteiger partial charge in [0.1, 0.15) is 0 Å². The number of para-hydroxylation sites is 2. The molecule has 0 atom stereocenters. The topological polar surface area (TPSA) is 32.5 Å². The van der Waals surface area contributed by atoms with E-state index in [1.54, 1.807) is 0 Å². The van der Waals surface area contributed by atoms with Crippen molar-refractivity contribution in [2.75, 3.05) is 15.5 Å². The van der Waals surface area contributed by atoms with E-state index < -0.39 is 0 Å². The second-order valence-corrected chi connectivity index (χ2v) is 8.36. The Bertz CT molecular complexity index is 1420. The summed E-state index contributed by atoms with van der Waals surface area (Å²) in [7, 11) is 0. The molecule has 35 heavy (non-hydrogen) atoms. The van der Waals surface area contributed by atoms with E-state index in [2.05, 4.69) is 83.8 Å². The van der Waals surface area contributed by atoms with Gasteiger partial charge in [0.15, 0.2) is 0 Å². The van der Waals surface area contributed by atoms with Gasteiger partial charge in [0.25, 0.3) is 0 Å². The molecule has 5 rings (SSSR count). The van der Waals surface area contributed by atoms with Gasteiger partial charge >= 0.3 is 0 Å². The molecule has 3 heteroatoms. The fraction of sp³-hybridized carbons (Fsp3) is 0. The Hall–Kier alpha value is -4.76. The molecule has 3 nitrogen and oxygen atoms in total. The molecule has 0 bridgehead atoms. The summed E-state index contributed by atoms with van der Waals surface area (Å²) in [5, 5.41) is 0. The average Bonchev–Trinajstić information content (AvgIpc) is 2.90. The number of fused-ring (bicyclic) bond motifs is 1. The summed E-state index contributed by atoms with van der Waals surface area (Å²) in [6, 6.07) is 35.1. The average molecular weight is 454 g/mol. The Balaban J connectivity index is 1.70. The molecule has 0 aromatic heterocycles. The fourth-order valence-corrected chi connectivity index (χ4v) is 4.29. The maximum absolute atomic E-state index is 5.99. The number of nitrogens with zero attached hydrogens (tertiary/aromatic N) is 2. The van der Waals surface area contributed by atoms with Gasteiger partial charge in [-0.25, -0.2) is 0 Å². The first-order chi connectivity index (χ1) is 17.1. The summed E-state index contributed by atoms with van der Waals surface area (Å²) in [6.45, 7) is 8.40. The van der Waals surface area contributed by atoms with Crippen molar-refractivity contribution in [1.29, 1.82) is 0 Å². The van der Waals surface area contributed by atoms with Gasteiger partial charge in [-0.3, -0.25) is 0 Å². The van der Waals surface area contributed by atoms with Crippen molar-refractivity contribution in [3.63, 3.8) is 0 Å². The summed E-state index contributed by atoms with van der Waals surface area (Å²) in [5.41, 5.74) is 15.0. The largest absolute Gasteiger partial charge is 0.399 e. The molecule has 4 aromatic rings. The van der Waals surface area contributed by atoms with Gasteiger partial charge in [0, 0.05) is 40.2 Å². The zero-order valence-corrected chi connectivity index (χ0v) is 19.5. The summed E-state index contributed by atoms with van der Waals surface area (Å²) in [4.78, 5) is 4.42. The predicted octanol–water partition coefficient (Wildman–Crippen LogP) is 8.53. The van der Waals surface area contributed by atoms with Crippen molar-refractivity contribution in [3.8, 4) is 0 Å². The summed E-state index contributed by atoms with van der Waals surface area (Å²) < 4.78 is 0. The van der Waals surface area contributed by atoms with E-state index in [4.69, 9.17) is 5.73 Å². The third-order valence-electron chi connectivity index (χ3n) is 6.04. The smallest absolute Gasteiger partial charge is 0.0535 e. The lowest BCUT2D eigenvalue weighted by atomic mass is 9.98. The van der Waals surface area contributed by atoms with Crippen LogP contribution in [0.1, 0.15) is 5.56 Å². The van der Waals surface area contributed by atoms with Crippen LogP contribution in [0.3, 0.4) is 0 Å². The second-order valence-electron chi connectivity index (χ2n) is 8.36. The molecule has 4 aromatic carbocycles. The molecule has 0 spiro atoms. The van der Waals surface area contributed by atoms with E-state index in [0.717, 1.165) is 50.8 Å². The van der Waals surface area contributed by atoms with E-state index in [1.165, 1.54) is 0 Å². The predicted molar refractivity (Wildman–Crippen MR) is 151 cm³/mol. The van der Waals surface area contributed by atoms with Crippen LogP contribution in [-0.4, -0.2) is 0 Å². The Labute approximate surface area is 207 Å². The third kappa shape index (κ3) is 4.53. The van der Waals surface area contributed by atoms with E-state index in [0.29, 0.717) is 0 Å². The number of rotatable bonds is 5. The van der Waals surface area contributed by atoms with Crippen LogP contribution < -0.4 is 15.5 Å². The highest BCUT2D eigenvalue weighted by Gasteiger charge is 2.19. The minimum absolute atomic E-state index is 0.737. The van der Waals surface area contributed by atoms with Crippen LogP contribution >= 0.6 is 0 Å². The standard InChI is InChI=1S/C32H27N3/c1-3-25-20-21-34(27-10-6-4-7-11-27)32-19-18-30(23-31(32)24(2)22-25)35(28-12-8-5-9-13-28)29-16-14-26(33)15-17-29/h3-23H,1-2,33H2/b21-20-,25-22-. The Morgan fingerprint density at radius 3 is 2.06 bits per heavy atom. The Morgan fingerprint density at radius 2 is 1.37 bits per heavy atom. The number of nitrogen functional groups attached to an aromatic ring is 1. The molecular weight excluding hydrogens is 426 g/mol. The highest BCUT2D eigenvalue weighted by molar-refractivity contribution is 5.90. The third-order valence-corrected chi connectivity index (χ3v) is 6.04. The lowest BCUT2D eigenvalue weighted by molar-refractivity contribution is 1.24. The van der Waals surface area contributed by atoms with Crippen molar-refractivity contribution in [3.05, 3.63) is 152 Å². The van der Waals surface area contributed by atoms with Crippen LogP contribution in [0.25, 0.3) is 5.57 Å². The van der Waals surface area contributed by atoms with Crippen LogP contribution in [0, 0.1) is 0 Å². The zero-order valence-electron chi connectivity index (χ0n) is 19.5. The van der Waals surface area contributed by atoms with Crippen LogP contribution in [0.2, 0.25) is 0 Å². The Kier molecular flexibility index (Phi) is 6.06. The number of benzene rings is 4. The molecule has 0 fully saturated rings. The lowest BCUT2D eigenvalue weighted by Gasteiger charge is -2.29. The molecule has 0 unspecified atom stereocenters. The molecule has 0 saturated heterocycles. The van der Waals surface area contributed by atoms with E-state index in [1.807, 2.05) is 66.7 Å². The minimum atomic E-state index is 0.737. The summed E-state index contributed by atoms with van der Waals surface area (Å²) in [6.07, 6.45) is 8.07. The Morgan fingerprint density at radius 1 is 0.743 bits per heavy atom. The molecule has 1 aliphatic heterocycles. The van der Waals surface area contributed by atoms with Crippen molar-refractivity contribution < 1.29 is 0 Å². The number of anilines is 6. The molecule has 0 amide bonds. The van der Waals surface area contributed by atoms with Crippen molar-refractivity contribution in [1.82, 2.24) is 0 Å². The first-order valence-electron chi connectivity index (χ1n) is 11.5. The molecule has 0 saturated carbocycles. The SMILES string of the molecule is C=CC1=C/C(=C)c2cc(N(c3ccccc3)c3ccc(N)cc3)ccc2N(c2ccccc2)/C=C\1. The van der Waals surface area contributed by atoms with Gasteiger partial charge in [-0.15, -0.1) is 0 Å². The van der Waals surface area contributed by atoms with Crippen molar-refractivity contribution in [2.45, 2.75) is 0 Å². The lowest BCUT2D eigenvalue weighted by Crippen LogP contribution is -2.14. The second kappa shape index (κ2) is 9.62. The maximum Gasteiger partial charge on any atom is 0.0535 e. The maximum atomic E-state index is 5.99. The molecule has 2 N–H and O–H groups in total. The van der Waals surface area contributed by atoms with Crippen LogP contribution in [0.15, 0.2) is 146 Å². The highest BCUT2D eigenvalue weighted by atomic mass is 15.1. The quantitative estimate of drug-likeness (QED) is 0.307. The van der Waals surface area contributed by atoms with E-state index in [-0.39, 0.29) is 0 Å². The summed E-state index contributed by atoms with van der Waals surface area (Å²) >= 11 is 0. The molecule has 0 radical (unpaired) electrons. The number of hydrogen-bond donors (Lipinski definition) is 1. The molecule has 1 heterocycles. The molecule has 0 aliphatic carbocycles. The normalized spacial score (nSPS) is 15.3. The van der Waals surface area contributed by atoms with E-state index >= 15 is 0 Å². The first kappa shape index (κ1) is 22.1. The molecule has 170 valence electrons. The van der Waals surface area contributed by atoms with Gasteiger partial charge in [-0.1, -0.05) is 55.6 Å². The molecular formula is C32H27N3. The monoisotopic (exact) mass is 453 g/mol.